The average Bonchev–Trinajstić information content (AvgIpc) is 3.65. The lowest BCUT2D eigenvalue weighted by Crippen LogP contribution is -2.45. The van der Waals surface area contributed by atoms with Crippen LogP contribution < -0.4 is 21.7 Å². The zero-order valence-electron chi connectivity index (χ0n) is 20.1. The molecule has 10 nitrogen and oxygen atoms in total. The van der Waals surface area contributed by atoms with Crippen molar-refractivity contribution in [3.63, 3.8) is 0 Å². The number of H-pyrrole nitrogens is 1. The van der Waals surface area contributed by atoms with E-state index in [9.17, 15) is 18.8 Å². The van der Waals surface area contributed by atoms with E-state index in [1.54, 1.807) is 6.20 Å². The Morgan fingerprint density at radius 3 is 2.76 bits per heavy atom. The van der Waals surface area contributed by atoms with Gasteiger partial charge in [-0.05, 0) is 48.6 Å². The number of primary amides is 1. The molecule has 1 aliphatic heterocycles. The molecule has 0 saturated carbocycles. The van der Waals surface area contributed by atoms with E-state index in [-0.39, 0.29) is 34.6 Å². The number of anilines is 2. The molecule has 2 aromatic carbocycles. The lowest BCUT2D eigenvalue weighted by atomic mass is 10.0. The van der Waals surface area contributed by atoms with E-state index in [1.807, 2.05) is 24.3 Å². The molecule has 6 N–H and O–H groups in total. The van der Waals surface area contributed by atoms with Crippen LogP contribution >= 0.6 is 11.5 Å². The summed E-state index contributed by atoms with van der Waals surface area (Å²) >= 11 is 0.683. The summed E-state index contributed by atoms with van der Waals surface area (Å²) in [4.78, 5) is 43.9. The Balaban J connectivity index is 1.65. The van der Waals surface area contributed by atoms with Crippen molar-refractivity contribution in [3.8, 4) is 0 Å². The van der Waals surface area contributed by atoms with E-state index in [4.69, 9.17) is 16.2 Å². The second kappa shape index (κ2) is 10.6. The molecule has 3 heterocycles. The fraction of sp³-hybridized carbons (Fsp3) is 0.231. The Bertz CT molecular complexity index is 1510. The number of hydrogen-bond donors (Lipinski definition) is 4. The minimum Gasteiger partial charge on any atom is -0.395 e. The van der Waals surface area contributed by atoms with Gasteiger partial charge in [0.15, 0.2) is 5.69 Å². The van der Waals surface area contributed by atoms with Crippen LogP contribution in [0.3, 0.4) is 0 Å². The third-order valence-corrected chi connectivity index (χ3v) is 7.26. The van der Waals surface area contributed by atoms with Gasteiger partial charge in [-0.15, -0.1) is 0 Å². The molecule has 5 rings (SSSR count). The number of rotatable bonds is 8. The van der Waals surface area contributed by atoms with Gasteiger partial charge in [0.25, 0.3) is 11.8 Å². The van der Waals surface area contributed by atoms with Crippen molar-refractivity contribution in [1.82, 2.24) is 14.7 Å². The molecule has 0 spiro atoms. The van der Waals surface area contributed by atoms with Gasteiger partial charge in [-0.25, -0.2) is 4.39 Å². The summed E-state index contributed by atoms with van der Waals surface area (Å²) < 4.78 is 24.0. The molecule has 1 aliphatic rings. The van der Waals surface area contributed by atoms with Crippen LogP contribution in [0.25, 0.3) is 10.9 Å². The number of aromatic nitrogens is 2. The van der Waals surface area contributed by atoms with Gasteiger partial charge in [-0.3, -0.25) is 19.3 Å². The number of nitrogen functional groups attached to an aromatic ring is 1. The Hall–Kier alpha value is -4.29. The summed E-state index contributed by atoms with van der Waals surface area (Å²) in [5.41, 5.74) is 12.3. The van der Waals surface area contributed by atoms with Crippen molar-refractivity contribution in [1.29, 1.82) is 0 Å². The molecule has 1 fully saturated rings. The first kappa shape index (κ1) is 25.4. The normalized spacial score (nSPS) is 15.9. The molecule has 4 aromatic rings. The van der Waals surface area contributed by atoms with Crippen LogP contribution in [0.15, 0.2) is 54.7 Å². The number of nitrogens with zero attached hydrogens (tertiary/aromatic N) is 2. The first-order valence-electron chi connectivity index (χ1n) is 11.9. The number of benzene rings is 2. The largest absolute Gasteiger partial charge is 0.395 e. The van der Waals surface area contributed by atoms with Crippen molar-refractivity contribution >= 4 is 51.5 Å². The summed E-state index contributed by atoms with van der Waals surface area (Å²) in [5.74, 6) is -2.73. The van der Waals surface area contributed by atoms with Crippen molar-refractivity contribution < 1.29 is 23.5 Å². The Labute approximate surface area is 220 Å². The van der Waals surface area contributed by atoms with Crippen LogP contribution in [-0.4, -0.2) is 46.3 Å². The van der Waals surface area contributed by atoms with E-state index in [0.29, 0.717) is 29.1 Å². The third-order valence-electron chi connectivity index (χ3n) is 6.41. The topological polar surface area (TPSA) is 156 Å². The van der Waals surface area contributed by atoms with Gasteiger partial charge in [-0.2, -0.15) is 4.37 Å². The molecule has 12 heteroatoms. The molecule has 0 unspecified atom stereocenters. The van der Waals surface area contributed by atoms with Crippen LogP contribution in [0.2, 0.25) is 0 Å². The SMILES string of the molecule is NC(=O)c1nsc(C(=O)N(c2cccc(F)c2)[C@H](C(=O)NC[C@@H]2CCCO2)c2c[nH]c3ccccc23)c1N. The number of aromatic amines is 1. The molecule has 0 aliphatic carbocycles. The highest BCUT2D eigenvalue weighted by atomic mass is 32.1. The van der Waals surface area contributed by atoms with E-state index < -0.39 is 29.6 Å². The summed E-state index contributed by atoms with van der Waals surface area (Å²) in [5, 5.41) is 3.61. The van der Waals surface area contributed by atoms with Crippen molar-refractivity contribution in [2.45, 2.75) is 25.0 Å². The second-order valence-electron chi connectivity index (χ2n) is 8.87. The number of carbonyl (C=O) groups is 3. The number of carbonyl (C=O) groups excluding carboxylic acids is 3. The Morgan fingerprint density at radius 1 is 1.24 bits per heavy atom. The van der Waals surface area contributed by atoms with Crippen LogP contribution in [0.4, 0.5) is 15.8 Å². The molecular formula is C26H25FN6O4S. The van der Waals surface area contributed by atoms with Gasteiger partial charge in [0.05, 0.1) is 11.8 Å². The summed E-state index contributed by atoms with van der Waals surface area (Å²) in [6.45, 7) is 0.866. The highest BCUT2D eigenvalue weighted by Gasteiger charge is 2.37. The highest BCUT2D eigenvalue weighted by molar-refractivity contribution is 7.09. The summed E-state index contributed by atoms with van der Waals surface area (Å²) in [7, 11) is 0. The summed E-state index contributed by atoms with van der Waals surface area (Å²) in [6, 6.07) is 11.4. The predicted molar refractivity (Wildman–Crippen MR) is 141 cm³/mol. The Kier molecular flexibility index (Phi) is 7.07. The quantitative estimate of drug-likeness (QED) is 0.271. The van der Waals surface area contributed by atoms with Gasteiger partial charge in [-0.1, -0.05) is 24.3 Å². The smallest absolute Gasteiger partial charge is 0.273 e. The molecule has 3 amide bonds. The van der Waals surface area contributed by atoms with Gasteiger partial charge in [0.1, 0.15) is 16.7 Å². The van der Waals surface area contributed by atoms with E-state index in [2.05, 4.69) is 14.7 Å². The van der Waals surface area contributed by atoms with Crippen LogP contribution in [0.5, 0.6) is 0 Å². The molecule has 196 valence electrons. The van der Waals surface area contributed by atoms with E-state index in [1.165, 1.54) is 18.2 Å². The molecule has 2 atom stereocenters. The molecule has 0 radical (unpaired) electrons. The van der Waals surface area contributed by atoms with Crippen LogP contribution in [0, 0.1) is 5.82 Å². The first-order valence-corrected chi connectivity index (χ1v) is 12.7. The number of para-hydroxylation sites is 1. The maximum absolute atomic E-state index is 14.4. The van der Waals surface area contributed by atoms with E-state index in [0.717, 1.165) is 29.3 Å². The van der Waals surface area contributed by atoms with Gasteiger partial charge in [0, 0.05) is 41.5 Å². The third kappa shape index (κ3) is 4.83. The Morgan fingerprint density at radius 2 is 2.05 bits per heavy atom. The molecule has 0 bridgehead atoms. The van der Waals surface area contributed by atoms with Crippen molar-refractivity contribution in [3.05, 3.63) is 76.7 Å². The van der Waals surface area contributed by atoms with Crippen molar-refractivity contribution in [2.24, 2.45) is 5.73 Å². The van der Waals surface area contributed by atoms with Crippen LogP contribution in [-0.2, 0) is 9.53 Å². The van der Waals surface area contributed by atoms with Gasteiger partial charge < -0.3 is 26.5 Å². The number of nitrogens with one attached hydrogen (secondary N) is 2. The lowest BCUT2D eigenvalue weighted by molar-refractivity contribution is -0.123. The second-order valence-corrected chi connectivity index (χ2v) is 9.64. The monoisotopic (exact) mass is 536 g/mol. The molecule has 1 saturated heterocycles. The van der Waals surface area contributed by atoms with Gasteiger partial charge in [0.2, 0.25) is 5.91 Å². The first-order chi connectivity index (χ1) is 18.3. The van der Waals surface area contributed by atoms with E-state index >= 15 is 0 Å². The highest BCUT2D eigenvalue weighted by Crippen LogP contribution is 2.36. The minimum atomic E-state index is -1.24. The number of ether oxygens (including phenoxy) is 1. The van der Waals surface area contributed by atoms with Crippen LogP contribution in [0.1, 0.15) is 44.6 Å². The maximum Gasteiger partial charge on any atom is 0.273 e. The number of halogens is 1. The van der Waals surface area contributed by atoms with Crippen molar-refractivity contribution in [2.75, 3.05) is 23.8 Å². The van der Waals surface area contributed by atoms with Gasteiger partial charge >= 0.3 is 0 Å². The fourth-order valence-electron chi connectivity index (χ4n) is 4.58. The number of hydrogen-bond acceptors (Lipinski definition) is 7. The fourth-order valence-corrected chi connectivity index (χ4v) is 5.32. The minimum absolute atomic E-state index is 0.0974. The average molecular weight is 537 g/mol. The molecular weight excluding hydrogens is 511 g/mol. The number of amides is 3. The molecule has 2 aromatic heterocycles. The lowest BCUT2D eigenvalue weighted by Gasteiger charge is -2.31. The maximum atomic E-state index is 14.4. The zero-order valence-corrected chi connectivity index (χ0v) is 21.0. The summed E-state index contributed by atoms with van der Waals surface area (Å²) in [6.07, 6.45) is 3.20. The standard InChI is InChI=1S/C26H25FN6O4S/c27-14-5-3-6-15(11-14)33(26(36)23-20(28)21(24(29)34)32-38-23)22(25(35)31-12-16-7-4-10-37-16)18-13-30-19-9-2-1-8-17(18)19/h1-3,5-6,8-9,11,13,16,22,30H,4,7,10,12,28H2,(H2,29,34)(H,31,35)/t16-,22-/m0/s1. The predicted octanol–water partition coefficient (Wildman–Crippen LogP) is 3.13. The number of nitrogens with two attached hydrogens (primary N) is 2. The molecule has 38 heavy (non-hydrogen) atoms. The zero-order chi connectivity index (χ0) is 26.8. The number of fused-ring (bicyclic) bond motifs is 1.